The van der Waals surface area contributed by atoms with Crippen molar-refractivity contribution >= 4 is 40.6 Å². The van der Waals surface area contributed by atoms with Crippen LogP contribution in [0.1, 0.15) is 24.8 Å². The number of likely N-dealkylation sites (tertiary alicyclic amines) is 1. The van der Waals surface area contributed by atoms with Gasteiger partial charge in [0.05, 0.1) is 19.1 Å². The number of benzene rings is 1. The highest BCUT2D eigenvalue weighted by atomic mass is 16.4. The van der Waals surface area contributed by atoms with Gasteiger partial charge in [-0.15, -0.1) is 0 Å². The van der Waals surface area contributed by atoms with Crippen molar-refractivity contribution < 1.29 is 39.3 Å². The van der Waals surface area contributed by atoms with E-state index in [4.69, 9.17) is 15.9 Å². The number of aliphatic hydroxyl groups is 1. The van der Waals surface area contributed by atoms with Crippen molar-refractivity contribution in [3.05, 3.63) is 36.0 Å². The lowest BCUT2D eigenvalue weighted by molar-refractivity contribution is -0.148. The van der Waals surface area contributed by atoms with Gasteiger partial charge in [-0.2, -0.15) is 0 Å². The Kier molecular flexibility index (Phi) is 8.61. The molecule has 1 aromatic heterocycles. The Morgan fingerprint density at radius 1 is 1.11 bits per heavy atom. The molecule has 0 bridgehead atoms. The number of H-pyrrole nitrogens is 1. The number of nitrogens with two attached hydrogens (primary N) is 1. The van der Waals surface area contributed by atoms with Gasteiger partial charge in [-0.3, -0.25) is 19.2 Å². The number of aromatic nitrogens is 1. The van der Waals surface area contributed by atoms with Crippen LogP contribution in [0.4, 0.5) is 0 Å². The number of rotatable bonds is 11. The SMILES string of the molecule is NC(Cc1c[nH]c2ccccc12)C(=O)NC(CO)C(=O)N1CCCC1C(=O)NC(CC(=O)O)C(=O)O. The first-order valence-electron chi connectivity index (χ1n) is 11.4. The number of nitrogens with one attached hydrogen (secondary N) is 3. The molecule has 194 valence electrons. The van der Waals surface area contributed by atoms with E-state index in [-0.39, 0.29) is 19.4 Å². The van der Waals surface area contributed by atoms with Crippen LogP contribution in [-0.4, -0.2) is 92.2 Å². The molecule has 8 N–H and O–H groups in total. The number of carbonyl (C=O) groups is 5. The molecule has 0 saturated carbocycles. The maximum Gasteiger partial charge on any atom is 0.326 e. The first-order chi connectivity index (χ1) is 17.1. The Balaban J connectivity index is 1.63. The molecular weight excluding hydrogens is 474 g/mol. The maximum absolute atomic E-state index is 13.1. The van der Waals surface area contributed by atoms with Crippen molar-refractivity contribution in [3.63, 3.8) is 0 Å². The van der Waals surface area contributed by atoms with Crippen LogP contribution in [-0.2, 0) is 30.4 Å². The van der Waals surface area contributed by atoms with Crippen LogP contribution in [0.2, 0.25) is 0 Å². The van der Waals surface area contributed by atoms with Crippen LogP contribution < -0.4 is 16.4 Å². The standard InChI is InChI=1S/C23H29N5O8/c24-14(8-12-10-25-15-5-2-1-4-13(12)15)20(32)27-17(11-29)22(34)28-7-3-6-18(28)21(33)26-16(23(35)36)9-19(30)31/h1-2,4-5,10,14,16-18,25,29H,3,6-9,11,24H2,(H,26,33)(H,27,32)(H,30,31)(H,35,36). The van der Waals surface area contributed by atoms with E-state index in [1.54, 1.807) is 6.20 Å². The molecule has 13 heteroatoms. The summed E-state index contributed by atoms with van der Waals surface area (Å²) < 4.78 is 0. The second-order valence-electron chi connectivity index (χ2n) is 8.60. The Bertz CT molecular complexity index is 1150. The van der Waals surface area contributed by atoms with Gasteiger partial charge in [0, 0.05) is 23.6 Å². The summed E-state index contributed by atoms with van der Waals surface area (Å²) in [6.45, 7) is -0.604. The normalized spacial score (nSPS) is 17.8. The molecule has 2 aromatic rings. The van der Waals surface area contributed by atoms with Crippen molar-refractivity contribution in [1.82, 2.24) is 20.5 Å². The summed E-state index contributed by atoms with van der Waals surface area (Å²) >= 11 is 0. The molecule has 13 nitrogen and oxygen atoms in total. The van der Waals surface area contributed by atoms with Crippen molar-refractivity contribution in [3.8, 4) is 0 Å². The number of aliphatic hydroxyl groups excluding tert-OH is 1. The van der Waals surface area contributed by atoms with E-state index in [1.807, 2.05) is 24.3 Å². The number of aromatic amines is 1. The number of fused-ring (bicyclic) bond motifs is 1. The largest absolute Gasteiger partial charge is 0.481 e. The second kappa shape index (κ2) is 11.6. The first-order valence-corrected chi connectivity index (χ1v) is 11.4. The first kappa shape index (κ1) is 26.6. The zero-order valence-corrected chi connectivity index (χ0v) is 19.3. The zero-order valence-electron chi connectivity index (χ0n) is 19.3. The van der Waals surface area contributed by atoms with Crippen LogP contribution in [0.25, 0.3) is 10.9 Å². The number of carboxylic acid groups (broad SMARTS) is 2. The highest BCUT2D eigenvalue weighted by molar-refractivity contribution is 5.95. The number of amides is 3. The van der Waals surface area contributed by atoms with Gasteiger partial charge >= 0.3 is 11.9 Å². The monoisotopic (exact) mass is 503 g/mol. The Morgan fingerprint density at radius 2 is 1.83 bits per heavy atom. The zero-order chi connectivity index (χ0) is 26.4. The number of hydrogen-bond acceptors (Lipinski definition) is 7. The van der Waals surface area contributed by atoms with E-state index >= 15 is 0 Å². The third kappa shape index (κ3) is 6.17. The van der Waals surface area contributed by atoms with E-state index in [1.165, 1.54) is 0 Å². The molecule has 0 aliphatic carbocycles. The number of hydrogen-bond donors (Lipinski definition) is 7. The minimum Gasteiger partial charge on any atom is -0.481 e. The van der Waals surface area contributed by atoms with Crippen LogP contribution in [0.15, 0.2) is 30.5 Å². The van der Waals surface area contributed by atoms with Gasteiger partial charge in [0.2, 0.25) is 17.7 Å². The topological polar surface area (TPSA) is 215 Å². The van der Waals surface area contributed by atoms with E-state index < -0.39 is 66.9 Å². The highest BCUT2D eigenvalue weighted by Crippen LogP contribution is 2.20. The van der Waals surface area contributed by atoms with Crippen LogP contribution in [0, 0.1) is 0 Å². The molecule has 1 aliphatic heterocycles. The van der Waals surface area contributed by atoms with Crippen molar-refractivity contribution in [2.45, 2.75) is 49.9 Å². The molecule has 1 saturated heterocycles. The molecule has 3 rings (SSSR count). The van der Waals surface area contributed by atoms with Gasteiger partial charge in [0.25, 0.3) is 0 Å². The molecule has 4 atom stereocenters. The molecule has 36 heavy (non-hydrogen) atoms. The van der Waals surface area contributed by atoms with Gasteiger partial charge in [-0.05, 0) is 30.9 Å². The Morgan fingerprint density at radius 3 is 2.50 bits per heavy atom. The number of carbonyl (C=O) groups excluding carboxylic acids is 3. The summed E-state index contributed by atoms with van der Waals surface area (Å²) in [6, 6.07) is 2.37. The molecule has 1 aliphatic rings. The van der Waals surface area contributed by atoms with Crippen molar-refractivity contribution in [2.24, 2.45) is 5.73 Å². The fraction of sp³-hybridized carbons (Fsp3) is 0.435. The quantitative estimate of drug-likeness (QED) is 0.191. The van der Waals surface area contributed by atoms with Gasteiger partial charge in [-0.1, -0.05) is 18.2 Å². The van der Waals surface area contributed by atoms with Crippen LogP contribution in [0.5, 0.6) is 0 Å². The Labute approximate surface area is 205 Å². The Hall–Kier alpha value is -3.97. The number of nitrogens with zero attached hydrogens (tertiary/aromatic N) is 1. The number of carboxylic acids is 2. The predicted octanol–water partition coefficient (Wildman–Crippen LogP) is -1.45. The maximum atomic E-state index is 13.1. The van der Waals surface area contributed by atoms with Crippen molar-refractivity contribution in [1.29, 1.82) is 0 Å². The molecule has 1 aromatic carbocycles. The lowest BCUT2D eigenvalue weighted by atomic mass is 10.0. The summed E-state index contributed by atoms with van der Waals surface area (Å²) in [4.78, 5) is 64.8. The molecular formula is C23H29N5O8. The fourth-order valence-electron chi connectivity index (χ4n) is 4.24. The molecule has 1 fully saturated rings. The van der Waals surface area contributed by atoms with Gasteiger partial charge in [-0.25, -0.2) is 4.79 Å². The average Bonchev–Trinajstić information content (AvgIpc) is 3.49. The molecule has 4 unspecified atom stereocenters. The molecule has 3 amide bonds. The summed E-state index contributed by atoms with van der Waals surface area (Å²) in [5.74, 6) is -5.15. The van der Waals surface area contributed by atoms with E-state index in [0.717, 1.165) is 21.4 Å². The summed E-state index contributed by atoms with van der Waals surface area (Å²) in [6.07, 6.45) is 1.73. The average molecular weight is 504 g/mol. The van der Waals surface area contributed by atoms with Gasteiger partial charge in [0.15, 0.2) is 0 Å². The summed E-state index contributed by atoms with van der Waals surface area (Å²) in [5.41, 5.74) is 7.75. The minimum atomic E-state index is -1.66. The lowest BCUT2D eigenvalue weighted by Crippen LogP contribution is -2.58. The summed E-state index contributed by atoms with van der Waals surface area (Å²) in [7, 11) is 0. The van der Waals surface area contributed by atoms with Gasteiger partial charge < -0.3 is 41.6 Å². The predicted molar refractivity (Wildman–Crippen MR) is 126 cm³/mol. The van der Waals surface area contributed by atoms with Crippen molar-refractivity contribution in [2.75, 3.05) is 13.2 Å². The smallest absolute Gasteiger partial charge is 0.326 e. The lowest BCUT2D eigenvalue weighted by Gasteiger charge is -2.29. The van der Waals surface area contributed by atoms with E-state index in [0.29, 0.717) is 6.42 Å². The van der Waals surface area contributed by atoms with Crippen LogP contribution >= 0.6 is 0 Å². The van der Waals surface area contributed by atoms with Gasteiger partial charge in [0.1, 0.15) is 18.1 Å². The third-order valence-corrected chi connectivity index (χ3v) is 6.08. The number of aliphatic carboxylic acids is 2. The fourth-order valence-corrected chi connectivity index (χ4v) is 4.24. The second-order valence-corrected chi connectivity index (χ2v) is 8.60. The summed E-state index contributed by atoms with van der Waals surface area (Å²) in [5, 5.41) is 33.3. The molecule has 0 spiro atoms. The van der Waals surface area contributed by atoms with E-state index in [2.05, 4.69) is 15.6 Å². The highest BCUT2D eigenvalue weighted by Gasteiger charge is 2.39. The molecule has 0 radical (unpaired) electrons. The minimum absolute atomic E-state index is 0.140. The van der Waals surface area contributed by atoms with Crippen LogP contribution in [0.3, 0.4) is 0 Å². The van der Waals surface area contributed by atoms with E-state index in [9.17, 15) is 29.1 Å². The molecule has 2 heterocycles. The third-order valence-electron chi connectivity index (χ3n) is 6.08. The number of para-hydroxylation sites is 1.